The van der Waals surface area contributed by atoms with E-state index in [4.69, 9.17) is 11.6 Å². The Bertz CT molecular complexity index is 740. The molecule has 5 nitrogen and oxygen atoms in total. The third-order valence-corrected chi connectivity index (χ3v) is 4.85. The molecule has 0 aliphatic heterocycles. The van der Waals surface area contributed by atoms with Crippen LogP contribution in [0.15, 0.2) is 30.7 Å². The number of halogens is 4. The van der Waals surface area contributed by atoms with E-state index in [2.05, 4.69) is 10.1 Å². The van der Waals surface area contributed by atoms with Gasteiger partial charge >= 0.3 is 6.18 Å². The summed E-state index contributed by atoms with van der Waals surface area (Å²) in [7, 11) is 0. The lowest BCUT2D eigenvalue weighted by molar-refractivity contribution is -0.129. The Balaban J connectivity index is 2.02. The number of pyridine rings is 1. The van der Waals surface area contributed by atoms with E-state index in [0.717, 1.165) is 11.8 Å². The van der Waals surface area contributed by atoms with Gasteiger partial charge in [-0.1, -0.05) is 18.5 Å². The smallest absolute Gasteiger partial charge is 0.308 e. The van der Waals surface area contributed by atoms with Crippen LogP contribution in [-0.2, 0) is 4.79 Å². The fourth-order valence-corrected chi connectivity index (χ4v) is 3.47. The monoisotopic (exact) mass is 420 g/mol. The quantitative estimate of drug-likeness (QED) is 0.550. The van der Waals surface area contributed by atoms with Crippen molar-refractivity contribution in [2.75, 3.05) is 23.0 Å². The summed E-state index contributed by atoms with van der Waals surface area (Å²) in [5.74, 6) is 0.0808. The number of hydrogen-bond acceptors (Lipinski definition) is 4. The van der Waals surface area contributed by atoms with Crippen molar-refractivity contribution in [3.8, 4) is 5.69 Å². The number of thioether (sulfide) groups is 1. The van der Waals surface area contributed by atoms with E-state index in [1.54, 1.807) is 29.3 Å². The molecule has 1 amide bonds. The fraction of sp³-hybridized carbons (Fsp3) is 0.471. The number of aromatic nitrogens is 3. The van der Waals surface area contributed by atoms with Crippen molar-refractivity contribution in [1.82, 2.24) is 14.8 Å². The third kappa shape index (κ3) is 6.73. The Morgan fingerprint density at radius 2 is 2.15 bits per heavy atom. The number of amides is 1. The summed E-state index contributed by atoms with van der Waals surface area (Å²) in [6.45, 7) is 2.38. The van der Waals surface area contributed by atoms with E-state index in [9.17, 15) is 18.0 Å². The van der Waals surface area contributed by atoms with Crippen molar-refractivity contribution in [2.24, 2.45) is 0 Å². The maximum Gasteiger partial charge on any atom is 0.389 e. The Kier molecular flexibility index (Phi) is 7.97. The van der Waals surface area contributed by atoms with E-state index in [1.807, 2.05) is 13.0 Å². The molecule has 0 atom stereocenters. The molecule has 0 aliphatic carbocycles. The normalized spacial score (nSPS) is 11.6. The zero-order valence-electron chi connectivity index (χ0n) is 14.7. The van der Waals surface area contributed by atoms with Gasteiger partial charge in [0.05, 0.1) is 24.5 Å². The minimum Gasteiger partial charge on any atom is -0.308 e. The Morgan fingerprint density at radius 3 is 2.78 bits per heavy atom. The van der Waals surface area contributed by atoms with Crippen LogP contribution in [0.5, 0.6) is 0 Å². The second-order valence-corrected chi connectivity index (χ2v) is 7.32. The molecular formula is C17H20ClF3N4OS. The molecule has 0 aromatic carbocycles. The number of nitrogens with zero attached hydrogens (tertiary/aromatic N) is 4. The molecule has 2 heterocycles. The second-order valence-electron chi connectivity index (χ2n) is 5.73. The van der Waals surface area contributed by atoms with Gasteiger partial charge in [-0.05, 0) is 18.6 Å². The number of carbonyl (C=O) groups is 1. The Hall–Kier alpha value is -1.74. The summed E-state index contributed by atoms with van der Waals surface area (Å²) >= 11 is 7.34. The van der Waals surface area contributed by atoms with Gasteiger partial charge in [-0.3, -0.25) is 9.78 Å². The summed E-state index contributed by atoms with van der Waals surface area (Å²) in [6, 6.07) is 3.57. The van der Waals surface area contributed by atoms with E-state index in [0.29, 0.717) is 30.1 Å². The molecule has 0 saturated carbocycles. The van der Waals surface area contributed by atoms with Crippen LogP contribution < -0.4 is 4.90 Å². The molecule has 0 N–H and O–H groups in total. The van der Waals surface area contributed by atoms with E-state index in [1.165, 1.54) is 4.90 Å². The highest BCUT2D eigenvalue weighted by molar-refractivity contribution is 7.99. The highest BCUT2D eigenvalue weighted by atomic mass is 35.5. The standard InChI is InChI=1S/C17H20ClF3N4OS/c1-2-8-24(15(26)5-9-27-10-6-17(19,20)21)14-12-25(23-16(14)18)13-4-3-7-22-11-13/h3-4,7,11-12H,2,5-6,8-10H2,1H3. The van der Waals surface area contributed by atoms with Crippen molar-refractivity contribution in [1.29, 1.82) is 0 Å². The van der Waals surface area contributed by atoms with E-state index >= 15 is 0 Å². The minimum atomic E-state index is -4.17. The lowest BCUT2D eigenvalue weighted by atomic mass is 10.3. The SMILES string of the molecule is CCCN(C(=O)CCSCCC(F)(F)F)c1cn(-c2cccnc2)nc1Cl. The van der Waals surface area contributed by atoms with Gasteiger partial charge in [0.25, 0.3) is 0 Å². The summed E-state index contributed by atoms with van der Waals surface area (Å²) in [6.07, 6.45) is 0.741. The average Bonchev–Trinajstić information content (AvgIpc) is 3.00. The van der Waals surface area contributed by atoms with Crippen molar-refractivity contribution in [2.45, 2.75) is 32.4 Å². The molecule has 0 saturated heterocycles. The first-order valence-corrected chi connectivity index (χ1v) is 9.95. The number of alkyl halides is 3. The molecule has 0 aliphatic rings. The summed E-state index contributed by atoms with van der Waals surface area (Å²) in [4.78, 5) is 18.1. The zero-order valence-corrected chi connectivity index (χ0v) is 16.3. The van der Waals surface area contributed by atoms with Crippen LogP contribution >= 0.6 is 23.4 Å². The molecule has 2 rings (SSSR count). The van der Waals surface area contributed by atoms with E-state index < -0.39 is 12.6 Å². The molecule has 2 aromatic rings. The van der Waals surface area contributed by atoms with E-state index in [-0.39, 0.29) is 23.2 Å². The maximum absolute atomic E-state index is 12.6. The van der Waals surface area contributed by atoms with Crippen LogP contribution in [0.4, 0.5) is 18.9 Å². The van der Waals surface area contributed by atoms with Crippen molar-refractivity contribution < 1.29 is 18.0 Å². The van der Waals surface area contributed by atoms with Gasteiger partial charge < -0.3 is 4.90 Å². The van der Waals surface area contributed by atoms with Crippen LogP contribution in [-0.4, -0.2) is 44.9 Å². The molecule has 0 radical (unpaired) electrons. The largest absolute Gasteiger partial charge is 0.389 e. The number of anilines is 1. The molecule has 27 heavy (non-hydrogen) atoms. The highest BCUT2D eigenvalue weighted by Gasteiger charge is 2.26. The minimum absolute atomic E-state index is 0.0513. The van der Waals surface area contributed by atoms with Gasteiger partial charge in [0, 0.05) is 30.7 Å². The zero-order chi connectivity index (χ0) is 19.9. The summed E-state index contributed by atoms with van der Waals surface area (Å²) in [5.41, 5.74) is 1.19. The van der Waals surface area contributed by atoms with Gasteiger partial charge in [0.15, 0.2) is 5.15 Å². The molecule has 0 spiro atoms. The van der Waals surface area contributed by atoms with Crippen LogP contribution in [0, 0.1) is 0 Å². The summed E-state index contributed by atoms with van der Waals surface area (Å²) in [5, 5.41) is 4.41. The first kappa shape index (κ1) is 21.6. The van der Waals surface area contributed by atoms with Gasteiger partial charge in [-0.15, -0.1) is 0 Å². The summed E-state index contributed by atoms with van der Waals surface area (Å²) < 4.78 is 38.0. The van der Waals surface area contributed by atoms with Crippen molar-refractivity contribution in [3.63, 3.8) is 0 Å². The van der Waals surface area contributed by atoms with Crippen LogP contribution in [0.1, 0.15) is 26.2 Å². The van der Waals surface area contributed by atoms with Crippen LogP contribution in [0.25, 0.3) is 5.69 Å². The number of rotatable bonds is 9. The molecule has 148 valence electrons. The predicted molar refractivity (Wildman–Crippen MR) is 102 cm³/mol. The second kappa shape index (κ2) is 9.98. The Labute approximate surface area is 164 Å². The molecule has 0 unspecified atom stereocenters. The third-order valence-electron chi connectivity index (χ3n) is 3.59. The average molecular weight is 421 g/mol. The van der Waals surface area contributed by atoms with Gasteiger partial charge in [0.2, 0.25) is 5.91 Å². The Morgan fingerprint density at radius 1 is 1.37 bits per heavy atom. The van der Waals surface area contributed by atoms with Gasteiger partial charge in [-0.2, -0.15) is 30.0 Å². The lowest BCUT2D eigenvalue weighted by Crippen LogP contribution is -2.32. The first-order chi connectivity index (χ1) is 12.8. The van der Waals surface area contributed by atoms with Crippen LogP contribution in [0.2, 0.25) is 5.15 Å². The first-order valence-electron chi connectivity index (χ1n) is 8.42. The lowest BCUT2D eigenvalue weighted by Gasteiger charge is -2.20. The number of hydrogen-bond donors (Lipinski definition) is 0. The van der Waals surface area contributed by atoms with Gasteiger partial charge in [-0.25, -0.2) is 4.68 Å². The van der Waals surface area contributed by atoms with Crippen molar-refractivity contribution in [3.05, 3.63) is 35.9 Å². The number of carbonyl (C=O) groups excluding carboxylic acids is 1. The molecule has 2 aromatic heterocycles. The molecule has 0 fully saturated rings. The van der Waals surface area contributed by atoms with Gasteiger partial charge in [0.1, 0.15) is 5.69 Å². The van der Waals surface area contributed by atoms with Crippen LogP contribution in [0.3, 0.4) is 0 Å². The molecule has 0 bridgehead atoms. The maximum atomic E-state index is 12.6. The fourth-order valence-electron chi connectivity index (χ4n) is 2.33. The van der Waals surface area contributed by atoms with Crippen molar-refractivity contribution >= 4 is 35.0 Å². The molecule has 10 heteroatoms. The molecular weight excluding hydrogens is 401 g/mol. The highest BCUT2D eigenvalue weighted by Crippen LogP contribution is 2.27. The topological polar surface area (TPSA) is 51.0 Å². The predicted octanol–water partition coefficient (Wildman–Crippen LogP) is 4.74.